The third-order valence-corrected chi connectivity index (χ3v) is 3.66. The van der Waals surface area contributed by atoms with Crippen molar-refractivity contribution >= 4 is 27.3 Å². The van der Waals surface area contributed by atoms with Crippen molar-refractivity contribution in [3.05, 3.63) is 33.7 Å². The molecule has 0 aliphatic rings. The highest BCUT2D eigenvalue weighted by molar-refractivity contribution is 9.10. The highest BCUT2D eigenvalue weighted by Crippen LogP contribution is 2.26. The number of hydrogen-bond acceptors (Lipinski definition) is 4. The predicted octanol–water partition coefficient (Wildman–Crippen LogP) is 2.86. The van der Waals surface area contributed by atoms with Crippen LogP contribution in [0.2, 0.25) is 0 Å². The molecule has 0 saturated heterocycles. The second-order valence-corrected chi connectivity index (χ2v) is 5.38. The zero-order chi connectivity index (χ0) is 11.4. The molecule has 2 rings (SSSR count). The summed E-state index contributed by atoms with van der Waals surface area (Å²) in [6, 6.07) is 8.09. The molecule has 0 saturated carbocycles. The van der Waals surface area contributed by atoms with E-state index in [1.165, 1.54) is 0 Å². The van der Waals surface area contributed by atoms with Gasteiger partial charge >= 0.3 is 0 Å². The van der Waals surface area contributed by atoms with Crippen LogP contribution in [0, 0.1) is 0 Å². The normalized spacial score (nSPS) is 10.6. The maximum absolute atomic E-state index is 5.46. The molecule has 3 nitrogen and oxygen atoms in total. The number of nitrogens with two attached hydrogens (primary N) is 1. The van der Waals surface area contributed by atoms with Gasteiger partial charge in [-0.3, -0.25) is 0 Å². The molecule has 5 heteroatoms. The SMILES string of the molecule is NCCCc1nnc(-c2cccc(Br)c2)s1. The van der Waals surface area contributed by atoms with Crippen molar-refractivity contribution in [3.63, 3.8) is 0 Å². The minimum absolute atomic E-state index is 0.700. The average molecular weight is 298 g/mol. The van der Waals surface area contributed by atoms with E-state index in [1.54, 1.807) is 11.3 Å². The Balaban J connectivity index is 2.18. The Hall–Kier alpha value is -0.780. The highest BCUT2D eigenvalue weighted by Gasteiger charge is 2.06. The van der Waals surface area contributed by atoms with Crippen LogP contribution in [0.3, 0.4) is 0 Å². The summed E-state index contributed by atoms with van der Waals surface area (Å²) in [5.41, 5.74) is 6.57. The zero-order valence-electron chi connectivity index (χ0n) is 8.69. The molecule has 2 aromatic rings. The van der Waals surface area contributed by atoms with Crippen molar-refractivity contribution in [2.45, 2.75) is 12.8 Å². The van der Waals surface area contributed by atoms with E-state index in [9.17, 15) is 0 Å². The van der Waals surface area contributed by atoms with E-state index in [1.807, 2.05) is 24.3 Å². The Morgan fingerprint density at radius 3 is 2.94 bits per heavy atom. The fourth-order valence-corrected chi connectivity index (χ4v) is 2.62. The largest absolute Gasteiger partial charge is 0.330 e. The van der Waals surface area contributed by atoms with Gasteiger partial charge in [0.2, 0.25) is 0 Å². The Bertz CT molecular complexity index is 470. The minimum Gasteiger partial charge on any atom is -0.330 e. The van der Waals surface area contributed by atoms with Crippen LogP contribution in [0.25, 0.3) is 10.6 Å². The van der Waals surface area contributed by atoms with Crippen molar-refractivity contribution < 1.29 is 0 Å². The predicted molar refractivity (Wildman–Crippen MR) is 70.4 cm³/mol. The van der Waals surface area contributed by atoms with E-state index >= 15 is 0 Å². The summed E-state index contributed by atoms with van der Waals surface area (Å²) in [7, 11) is 0. The van der Waals surface area contributed by atoms with Crippen molar-refractivity contribution in [3.8, 4) is 10.6 Å². The smallest absolute Gasteiger partial charge is 0.147 e. The number of rotatable bonds is 4. The highest BCUT2D eigenvalue weighted by atomic mass is 79.9. The first-order valence-corrected chi connectivity index (χ1v) is 6.69. The molecule has 0 atom stereocenters. The summed E-state index contributed by atoms with van der Waals surface area (Å²) in [4.78, 5) is 0. The molecule has 0 amide bonds. The number of nitrogens with zero attached hydrogens (tertiary/aromatic N) is 2. The molecule has 2 N–H and O–H groups in total. The molecule has 0 bridgehead atoms. The molecule has 1 aromatic carbocycles. The van der Waals surface area contributed by atoms with Gasteiger partial charge in [0.1, 0.15) is 10.0 Å². The number of aromatic nitrogens is 2. The quantitative estimate of drug-likeness (QED) is 0.944. The van der Waals surface area contributed by atoms with Crippen LogP contribution in [-0.2, 0) is 6.42 Å². The molecule has 1 heterocycles. The maximum Gasteiger partial charge on any atom is 0.147 e. The van der Waals surface area contributed by atoms with E-state index in [4.69, 9.17) is 5.73 Å². The molecule has 16 heavy (non-hydrogen) atoms. The Labute approximate surface area is 107 Å². The fraction of sp³-hybridized carbons (Fsp3) is 0.273. The van der Waals surface area contributed by atoms with Gasteiger partial charge in [-0.05, 0) is 25.1 Å². The summed E-state index contributed by atoms with van der Waals surface area (Å²) in [6.07, 6.45) is 1.88. The van der Waals surface area contributed by atoms with Gasteiger partial charge in [0.15, 0.2) is 0 Å². The first-order valence-electron chi connectivity index (χ1n) is 5.08. The second-order valence-electron chi connectivity index (χ2n) is 3.40. The van der Waals surface area contributed by atoms with Crippen molar-refractivity contribution in [1.82, 2.24) is 10.2 Å². The lowest BCUT2D eigenvalue weighted by atomic mass is 10.2. The molecule has 1 aromatic heterocycles. The van der Waals surface area contributed by atoms with Crippen LogP contribution in [0.1, 0.15) is 11.4 Å². The van der Waals surface area contributed by atoms with Crippen LogP contribution in [0.4, 0.5) is 0 Å². The third kappa shape index (κ3) is 2.87. The van der Waals surface area contributed by atoms with Crippen LogP contribution in [0.5, 0.6) is 0 Å². The Morgan fingerprint density at radius 2 is 2.19 bits per heavy atom. The van der Waals surface area contributed by atoms with Gasteiger partial charge in [-0.2, -0.15) is 0 Å². The van der Waals surface area contributed by atoms with Gasteiger partial charge in [-0.25, -0.2) is 0 Å². The summed E-state index contributed by atoms with van der Waals surface area (Å²) in [6.45, 7) is 0.700. The number of benzene rings is 1. The molecule has 84 valence electrons. The van der Waals surface area contributed by atoms with E-state index in [0.717, 1.165) is 32.9 Å². The number of hydrogen-bond donors (Lipinski definition) is 1. The van der Waals surface area contributed by atoms with Gasteiger partial charge in [-0.1, -0.05) is 39.4 Å². The van der Waals surface area contributed by atoms with E-state index in [2.05, 4.69) is 26.1 Å². The van der Waals surface area contributed by atoms with E-state index in [0.29, 0.717) is 6.54 Å². The molecule has 0 spiro atoms. The summed E-state index contributed by atoms with van der Waals surface area (Å²) in [5, 5.41) is 10.4. The summed E-state index contributed by atoms with van der Waals surface area (Å²) < 4.78 is 1.06. The molecular formula is C11H12BrN3S. The zero-order valence-corrected chi connectivity index (χ0v) is 11.1. The van der Waals surface area contributed by atoms with Gasteiger partial charge in [0, 0.05) is 16.5 Å². The van der Waals surface area contributed by atoms with E-state index < -0.39 is 0 Å². The van der Waals surface area contributed by atoms with E-state index in [-0.39, 0.29) is 0 Å². The Morgan fingerprint density at radius 1 is 1.31 bits per heavy atom. The molecule has 0 fully saturated rings. The molecule has 0 unspecified atom stereocenters. The molecule has 0 radical (unpaired) electrons. The summed E-state index contributed by atoms with van der Waals surface area (Å²) >= 11 is 5.08. The fourth-order valence-electron chi connectivity index (χ4n) is 1.35. The Kier molecular flexibility index (Phi) is 4.04. The standard InChI is InChI=1S/C11H12BrN3S/c12-9-4-1-3-8(7-9)11-15-14-10(16-11)5-2-6-13/h1,3-4,7H,2,5-6,13H2. The molecular weight excluding hydrogens is 286 g/mol. The average Bonchev–Trinajstić information content (AvgIpc) is 2.75. The monoisotopic (exact) mass is 297 g/mol. The van der Waals surface area contributed by atoms with Gasteiger partial charge < -0.3 is 5.73 Å². The van der Waals surface area contributed by atoms with Crippen LogP contribution < -0.4 is 5.73 Å². The number of aryl methyl sites for hydroxylation is 1. The minimum atomic E-state index is 0.700. The van der Waals surface area contributed by atoms with Crippen LogP contribution >= 0.6 is 27.3 Å². The topological polar surface area (TPSA) is 51.8 Å². The lowest BCUT2D eigenvalue weighted by Crippen LogP contribution is -1.99. The van der Waals surface area contributed by atoms with Gasteiger partial charge in [0.25, 0.3) is 0 Å². The first kappa shape index (κ1) is 11.7. The van der Waals surface area contributed by atoms with Gasteiger partial charge in [-0.15, -0.1) is 10.2 Å². The first-order chi connectivity index (χ1) is 7.79. The number of halogens is 1. The molecule has 0 aliphatic carbocycles. The lowest BCUT2D eigenvalue weighted by molar-refractivity contribution is 0.812. The van der Waals surface area contributed by atoms with Gasteiger partial charge in [0.05, 0.1) is 0 Å². The van der Waals surface area contributed by atoms with Crippen molar-refractivity contribution in [1.29, 1.82) is 0 Å². The summed E-state index contributed by atoms with van der Waals surface area (Å²) in [5.74, 6) is 0. The van der Waals surface area contributed by atoms with Crippen LogP contribution in [0.15, 0.2) is 28.7 Å². The maximum atomic E-state index is 5.46. The van der Waals surface area contributed by atoms with Crippen molar-refractivity contribution in [2.24, 2.45) is 5.73 Å². The molecule has 0 aliphatic heterocycles. The lowest BCUT2D eigenvalue weighted by Gasteiger charge is -1.95. The second kappa shape index (κ2) is 5.52. The third-order valence-electron chi connectivity index (χ3n) is 2.13. The van der Waals surface area contributed by atoms with Crippen molar-refractivity contribution in [2.75, 3.05) is 6.54 Å². The van der Waals surface area contributed by atoms with Crippen LogP contribution in [-0.4, -0.2) is 16.7 Å².